The van der Waals surface area contributed by atoms with E-state index in [1.807, 2.05) is 50.2 Å². The number of likely N-dealkylation sites (N-methyl/N-ethyl adjacent to an activating group) is 1. The van der Waals surface area contributed by atoms with Gasteiger partial charge in [-0.25, -0.2) is 8.42 Å². The fourth-order valence-electron chi connectivity index (χ4n) is 4.92. The van der Waals surface area contributed by atoms with Crippen molar-refractivity contribution in [2.75, 3.05) is 17.9 Å². The SMILES string of the molecule is CNC(=O)[C@H](Cc1ccccc1)N(Cc1c(Cl)cccc1Cl)C(=O)CN(c1cc(C)cc(C)c1)S(=O)(=O)c1ccccc1. The molecule has 43 heavy (non-hydrogen) atoms. The molecule has 7 nitrogen and oxygen atoms in total. The molecule has 1 N–H and O–H groups in total. The van der Waals surface area contributed by atoms with Gasteiger partial charge in [-0.3, -0.25) is 13.9 Å². The minimum atomic E-state index is -4.18. The summed E-state index contributed by atoms with van der Waals surface area (Å²) in [5.74, 6) is -1.01. The zero-order valence-corrected chi connectivity index (χ0v) is 26.5. The molecule has 1 atom stereocenters. The molecule has 0 heterocycles. The molecule has 0 saturated carbocycles. The molecule has 0 radical (unpaired) electrons. The van der Waals surface area contributed by atoms with Gasteiger partial charge in [-0.1, -0.05) is 83.9 Å². The highest BCUT2D eigenvalue weighted by atomic mass is 35.5. The minimum Gasteiger partial charge on any atom is -0.357 e. The van der Waals surface area contributed by atoms with Gasteiger partial charge in [0.25, 0.3) is 10.0 Å². The van der Waals surface area contributed by atoms with Crippen LogP contribution in [0.2, 0.25) is 10.0 Å². The van der Waals surface area contributed by atoms with Crippen LogP contribution in [0.5, 0.6) is 0 Å². The van der Waals surface area contributed by atoms with Crippen LogP contribution in [0.4, 0.5) is 5.69 Å². The van der Waals surface area contributed by atoms with Crippen LogP contribution in [0.3, 0.4) is 0 Å². The molecule has 0 spiro atoms. The minimum absolute atomic E-state index is 0.0368. The van der Waals surface area contributed by atoms with Gasteiger partial charge in [0.1, 0.15) is 12.6 Å². The Balaban J connectivity index is 1.84. The van der Waals surface area contributed by atoms with E-state index in [1.165, 1.54) is 24.1 Å². The summed E-state index contributed by atoms with van der Waals surface area (Å²) in [6.07, 6.45) is 0.184. The second kappa shape index (κ2) is 14.1. The summed E-state index contributed by atoms with van der Waals surface area (Å²) in [5.41, 5.74) is 3.28. The topological polar surface area (TPSA) is 86.8 Å². The maximum absolute atomic E-state index is 14.4. The standard InChI is InChI=1S/C33H33Cl2N3O4S/c1-23-17-24(2)19-26(18-23)38(43(41,42)27-13-8-5-9-14-27)22-32(39)37(21-28-29(34)15-10-16-30(28)35)31(33(40)36-3)20-25-11-6-4-7-12-25/h4-19,31H,20-22H2,1-3H3,(H,36,40)/t31-/m0/s1. The first-order valence-corrected chi connectivity index (χ1v) is 15.8. The first-order chi connectivity index (χ1) is 20.5. The van der Waals surface area contributed by atoms with Crippen molar-refractivity contribution in [2.24, 2.45) is 0 Å². The molecule has 0 fully saturated rings. The second-order valence-corrected chi connectivity index (χ2v) is 12.9. The van der Waals surface area contributed by atoms with Crippen molar-refractivity contribution >= 4 is 50.7 Å². The zero-order valence-electron chi connectivity index (χ0n) is 24.1. The Kier molecular flexibility index (Phi) is 10.5. The average molecular weight is 639 g/mol. The first kappa shape index (κ1) is 32.1. The smallest absolute Gasteiger partial charge is 0.264 e. The van der Waals surface area contributed by atoms with Gasteiger partial charge in [-0.2, -0.15) is 0 Å². The van der Waals surface area contributed by atoms with Gasteiger partial charge in [-0.15, -0.1) is 0 Å². The summed E-state index contributed by atoms with van der Waals surface area (Å²) in [6.45, 7) is 3.04. The normalized spacial score (nSPS) is 11.9. The number of hydrogen-bond donors (Lipinski definition) is 1. The lowest BCUT2D eigenvalue weighted by Crippen LogP contribution is -2.53. The molecular formula is C33H33Cl2N3O4S. The summed E-state index contributed by atoms with van der Waals surface area (Å²) in [6, 6.07) is 26.6. The molecule has 2 amide bonds. The number of rotatable bonds is 11. The lowest BCUT2D eigenvalue weighted by Gasteiger charge is -2.34. The van der Waals surface area contributed by atoms with Gasteiger partial charge in [0.2, 0.25) is 11.8 Å². The lowest BCUT2D eigenvalue weighted by molar-refractivity contribution is -0.139. The Bertz CT molecular complexity index is 1660. The summed E-state index contributed by atoms with van der Waals surface area (Å²) >= 11 is 13.0. The van der Waals surface area contributed by atoms with E-state index in [0.29, 0.717) is 21.3 Å². The third-order valence-electron chi connectivity index (χ3n) is 7.01. The average Bonchev–Trinajstić information content (AvgIpc) is 2.98. The molecule has 10 heteroatoms. The van der Waals surface area contributed by atoms with E-state index in [9.17, 15) is 18.0 Å². The van der Waals surface area contributed by atoms with Crippen LogP contribution < -0.4 is 9.62 Å². The third kappa shape index (κ3) is 7.76. The van der Waals surface area contributed by atoms with E-state index in [2.05, 4.69) is 5.32 Å². The maximum Gasteiger partial charge on any atom is 0.264 e. The Morgan fingerprint density at radius 1 is 0.814 bits per heavy atom. The zero-order chi connectivity index (χ0) is 31.1. The lowest BCUT2D eigenvalue weighted by atomic mass is 10.0. The highest BCUT2D eigenvalue weighted by Gasteiger charge is 2.35. The number of anilines is 1. The highest BCUT2D eigenvalue weighted by molar-refractivity contribution is 7.92. The fourth-order valence-corrected chi connectivity index (χ4v) is 6.85. The summed E-state index contributed by atoms with van der Waals surface area (Å²) in [7, 11) is -2.69. The Labute approximate surface area is 263 Å². The number of nitrogens with zero attached hydrogens (tertiary/aromatic N) is 2. The van der Waals surface area contributed by atoms with Crippen LogP contribution in [0.25, 0.3) is 0 Å². The van der Waals surface area contributed by atoms with Crippen molar-refractivity contribution in [1.82, 2.24) is 10.2 Å². The predicted octanol–water partition coefficient (Wildman–Crippen LogP) is 6.19. The molecule has 224 valence electrons. The Morgan fingerprint density at radius 2 is 1.37 bits per heavy atom. The number of hydrogen-bond acceptors (Lipinski definition) is 4. The summed E-state index contributed by atoms with van der Waals surface area (Å²) in [4.78, 5) is 29.2. The van der Waals surface area contributed by atoms with Crippen LogP contribution in [-0.2, 0) is 32.6 Å². The predicted molar refractivity (Wildman–Crippen MR) is 172 cm³/mol. The van der Waals surface area contributed by atoms with Gasteiger partial charge < -0.3 is 10.2 Å². The molecule has 0 aliphatic heterocycles. The van der Waals surface area contributed by atoms with Crippen molar-refractivity contribution in [3.63, 3.8) is 0 Å². The maximum atomic E-state index is 14.4. The van der Waals surface area contributed by atoms with E-state index >= 15 is 0 Å². The molecule has 0 aromatic heterocycles. The van der Waals surface area contributed by atoms with Crippen LogP contribution >= 0.6 is 23.2 Å². The largest absolute Gasteiger partial charge is 0.357 e. The molecule has 4 aromatic rings. The van der Waals surface area contributed by atoms with Gasteiger partial charge in [0, 0.05) is 35.6 Å². The van der Waals surface area contributed by atoms with Gasteiger partial charge in [-0.05, 0) is 66.9 Å². The van der Waals surface area contributed by atoms with Gasteiger partial charge in [0.15, 0.2) is 0 Å². The molecular weight excluding hydrogens is 605 g/mol. The number of carbonyl (C=O) groups is 2. The number of sulfonamides is 1. The first-order valence-electron chi connectivity index (χ1n) is 13.6. The van der Waals surface area contributed by atoms with Crippen molar-refractivity contribution in [3.8, 4) is 0 Å². The van der Waals surface area contributed by atoms with Gasteiger partial charge >= 0.3 is 0 Å². The van der Waals surface area contributed by atoms with E-state index in [0.717, 1.165) is 21.0 Å². The second-order valence-electron chi connectivity index (χ2n) is 10.2. The van der Waals surface area contributed by atoms with Gasteiger partial charge in [0.05, 0.1) is 10.6 Å². The van der Waals surface area contributed by atoms with Crippen LogP contribution in [0, 0.1) is 13.8 Å². The van der Waals surface area contributed by atoms with E-state index in [4.69, 9.17) is 23.2 Å². The van der Waals surface area contributed by atoms with E-state index in [1.54, 1.807) is 48.5 Å². The number of aryl methyl sites for hydroxylation is 2. The number of carbonyl (C=O) groups excluding carboxylic acids is 2. The molecule has 0 bridgehead atoms. The Hall–Kier alpha value is -3.85. The number of benzene rings is 4. The van der Waals surface area contributed by atoms with Crippen molar-refractivity contribution in [1.29, 1.82) is 0 Å². The van der Waals surface area contributed by atoms with Crippen molar-refractivity contribution in [2.45, 2.75) is 37.8 Å². The van der Waals surface area contributed by atoms with Crippen LogP contribution in [0.15, 0.2) is 102 Å². The van der Waals surface area contributed by atoms with Crippen LogP contribution in [-0.4, -0.2) is 44.8 Å². The monoisotopic (exact) mass is 637 g/mol. The fraction of sp³-hybridized carbons (Fsp3) is 0.212. The van der Waals surface area contributed by atoms with Crippen molar-refractivity contribution in [3.05, 3.63) is 129 Å². The highest BCUT2D eigenvalue weighted by Crippen LogP contribution is 2.29. The quantitative estimate of drug-likeness (QED) is 0.212. The third-order valence-corrected chi connectivity index (χ3v) is 9.51. The summed E-state index contributed by atoms with van der Waals surface area (Å²) in [5, 5.41) is 3.31. The van der Waals surface area contributed by atoms with Crippen LogP contribution in [0.1, 0.15) is 22.3 Å². The number of amides is 2. The van der Waals surface area contributed by atoms with E-state index in [-0.39, 0.29) is 17.9 Å². The Morgan fingerprint density at radius 3 is 1.93 bits per heavy atom. The molecule has 4 aromatic carbocycles. The van der Waals surface area contributed by atoms with E-state index < -0.39 is 34.4 Å². The molecule has 4 rings (SSSR count). The van der Waals surface area contributed by atoms with Crippen molar-refractivity contribution < 1.29 is 18.0 Å². The summed E-state index contributed by atoms with van der Waals surface area (Å²) < 4.78 is 29.2. The molecule has 0 saturated heterocycles. The molecule has 0 unspecified atom stereocenters. The molecule has 0 aliphatic carbocycles. The number of halogens is 2. The number of nitrogens with one attached hydrogen (secondary N) is 1. The molecule has 0 aliphatic rings.